The zero-order valence-corrected chi connectivity index (χ0v) is 7.44. The third-order valence-corrected chi connectivity index (χ3v) is 2.92. The smallest absolute Gasteiger partial charge is 0.185 e. The van der Waals surface area contributed by atoms with E-state index >= 15 is 0 Å². The summed E-state index contributed by atoms with van der Waals surface area (Å²) in [5.41, 5.74) is 10.5. The summed E-state index contributed by atoms with van der Waals surface area (Å²) in [6.45, 7) is 0.822. The zero-order valence-electron chi connectivity index (χ0n) is 6.62. The van der Waals surface area contributed by atoms with Crippen LogP contribution < -0.4 is 11.5 Å². The number of thioether (sulfide) groups is 1. The molecule has 0 radical (unpaired) electrons. The van der Waals surface area contributed by atoms with Crippen molar-refractivity contribution in [3.8, 4) is 0 Å². The quantitative estimate of drug-likeness (QED) is 0.469. The first-order chi connectivity index (χ1) is 5.29. The van der Waals surface area contributed by atoms with Crippen molar-refractivity contribution in [2.45, 2.75) is 12.8 Å². The van der Waals surface area contributed by atoms with E-state index in [-0.39, 0.29) is 5.96 Å². The maximum absolute atomic E-state index is 5.23. The van der Waals surface area contributed by atoms with Gasteiger partial charge >= 0.3 is 0 Å². The van der Waals surface area contributed by atoms with Gasteiger partial charge in [-0.25, -0.2) is 0 Å². The highest BCUT2D eigenvalue weighted by Gasteiger charge is 2.12. The Hall–Kier alpha value is -0.380. The van der Waals surface area contributed by atoms with Crippen LogP contribution in [0.3, 0.4) is 0 Å². The molecule has 0 saturated carbocycles. The van der Waals surface area contributed by atoms with E-state index in [9.17, 15) is 0 Å². The van der Waals surface area contributed by atoms with E-state index in [0.717, 1.165) is 12.5 Å². The van der Waals surface area contributed by atoms with E-state index in [1.807, 2.05) is 11.8 Å². The molecule has 1 saturated heterocycles. The van der Waals surface area contributed by atoms with Gasteiger partial charge in [-0.2, -0.15) is 11.8 Å². The van der Waals surface area contributed by atoms with Gasteiger partial charge in [-0.15, -0.1) is 0 Å². The standard InChI is InChI=1S/C7H15N3S/c8-7(9)10-5-6-1-3-11-4-2-6/h6H,1-5H2,(H4,8,9,10). The van der Waals surface area contributed by atoms with Gasteiger partial charge in [0.25, 0.3) is 0 Å². The number of hydrogen-bond donors (Lipinski definition) is 2. The van der Waals surface area contributed by atoms with E-state index in [4.69, 9.17) is 11.5 Å². The second-order valence-electron chi connectivity index (χ2n) is 2.82. The predicted molar refractivity (Wildman–Crippen MR) is 50.7 cm³/mol. The van der Waals surface area contributed by atoms with Gasteiger partial charge in [0.15, 0.2) is 5.96 Å². The molecule has 1 rings (SSSR count). The lowest BCUT2D eigenvalue weighted by atomic mass is 10.0. The van der Waals surface area contributed by atoms with Crippen molar-refractivity contribution in [3.63, 3.8) is 0 Å². The second-order valence-corrected chi connectivity index (χ2v) is 4.05. The highest BCUT2D eigenvalue weighted by molar-refractivity contribution is 7.99. The Bertz CT molecular complexity index is 137. The Balaban J connectivity index is 2.19. The molecule has 0 unspecified atom stereocenters. The lowest BCUT2D eigenvalue weighted by molar-refractivity contribution is 0.503. The Morgan fingerprint density at radius 2 is 2.00 bits per heavy atom. The van der Waals surface area contributed by atoms with Crippen molar-refractivity contribution in [1.29, 1.82) is 0 Å². The van der Waals surface area contributed by atoms with E-state index in [2.05, 4.69) is 4.99 Å². The van der Waals surface area contributed by atoms with Gasteiger partial charge in [0.05, 0.1) is 0 Å². The molecule has 4 N–H and O–H groups in total. The largest absolute Gasteiger partial charge is 0.370 e. The van der Waals surface area contributed by atoms with E-state index in [0.29, 0.717) is 0 Å². The summed E-state index contributed by atoms with van der Waals surface area (Å²) >= 11 is 2.02. The summed E-state index contributed by atoms with van der Waals surface area (Å²) in [4.78, 5) is 4.01. The minimum absolute atomic E-state index is 0.225. The number of aliphatic imine (C=N–C) groups is 1. The number of rotatable bonds is 2. The molecule has 1 fully saturated rings. The molecule has 64 valence electrons. The van der Waals surface area contributed by atoms with Gasteiger partial charge in [-0.3, -0.25) is 4.99 Å². The Kier molecular flexibility index (Phi) is 3.56. The summed E-state index contributed by atoms with van der Waals surface area (Å²) < 4.78 is 0. The molecule has 0 aromatic carbocycles. The lowest BCUT2D eigenvalue weighted by Crippen LogP contribution is -2.24. The van der Waals surface area contributed by atoms with Crippen LogP contribution in [-0.2, 0) is 0 Å². The second kappa shape index (κ2) is 4.49. The molecule has 3 nitrogen and oxygen atoms in total. The number of nitrogens with two attached hydrogens (primary N) is 2. The van der Waals surface area contributed by atoms with Crippen LogP contribution in [0.4, 0.5) is 0 Å². The fourth-order valence-electron chi connectivity index (χ4n) is 1.16. The third-order valence-electron chi connectivity index (χ3n) is 1.87. The summed E-state index contributed by atoms with van der Waals surface area (Å²) in [6.07, 6.45) is 2.53. The fourth-order valence-corrected chi connectivity index (χ4v) is 2.37. The number of hydrogen-bond acceptors (Lipinski definition) is 2. The molecule has 11 heavy (non-hydrogen) atoms. The first kappa shape index (κ1) is 8.71. The van der Waals surface area contributed by atoms with E-state index < -0.39 is 0 Å². The zero-order chi connectivity index (χ0) is 8.10. The molecule has 0 spiro atoms. The molecule has 1 aliphatic heterocycles. The Labute approximate surface area is 71.6 Å². The van der Waals surface area contributed by atoms with Gasteiger partial charge in [0.2, 0.25) is 0 Å². The van der Waals surface area contributed by atoms with E-state index in [1.54, 1.807) is 0 Å². The first-order valence-corrected chi connectivity index (χ1v) is 5.07. The number of guanidine groups is 1. The van der Waals surface area contributed by atoms with Gasteiger partial charge in [-0.05, 0) is 30.3 Å². The van der Waals surface area contributed by atoms with Crippen LogP contribution in [0.15, 0.2) is 4.99 Å². The maximum Gasteiger partial charge on any atom is 0.185 e. The molecule has 1 heterocycles. The van der Waals surface area contributed by atoms with Crippen LogP contribution >= 0.6 is 11.8 Å². The van der Waals surface area contributed by atoms with Crippen LogP contribution in [0.25, 0.3) is 0 Å². The van der Waals surface area contributed by atoms with Crippen molar-refractivity contribution in [2.75, 3.05) is 18.1 Å². The van der Waals surface area contributed by atoms with Gasteiger partial charge in [0, 0.05) is 6.54 Å². The first-order valence-electron chi connectivity index (χ1n) is 3.92. The van der Waals surface area contributed by atoms with Crippen molar-refractivity contribution < 1.29 is 0 Å². The molecule has 0 aliphatic carbocycles. The van der Waals surface area contributed by atoms with Crippen LogP contribution in [0, 0.1) is 5.92 Å². The van der Waals surface area contributed by atoms with Crippen LogP contribution in [0.5, 0.6) is 0 Å². The summed E-state index contributed by atoms with van der Waals surface area (Å²) in [7, 11) is 0. The minimum atomic E-state index is 0.225. The Morgan fingerprint density at radius 1 is 1.36 bits per heavy atom. The Morgan fingerprint density at radius 3 is 2.55 bits per heavy atom. The van der Waals surface area contributed by atoms with Crippen molar-refractivity contribution in [3.05, 3.63) is 0 Å². The molecule has 1 aliphatic rings. The van der Waals surface area contributed by atoms with Crippen molar-refractivity contribution in [1.82, 2.24) is 0 Å². The average molecular weight is 173 g/mol. The van der Waals surface area contributed by atoms with Gasteiger partial charge < -0.3 is 11.5 Å². The summed E-state index contributed by atoms with van der Waals surface area (Å²) in [5, 5.41) is 0. The summed E-state index contributed by atoms with van der Waals surface area (Å²) in [6, 6.07) is 0. The van der Waals surface area contributed by atoms with Gasteiger partial charge in [-0.1, -0.05) is 0 Å². The summed E-state index contributed by atoms with van der Waals surface area (Å²) in [5.74, 6) is 3.48. The molecule has 0 aromatic heterocycles. The van der Waals surface area contributed by atoms with Gasteiger partial charge in [0.1, 0.15) is 0 Å². The molecule has 0 atom stereocenters. The van der Waals surface area contributed by atoms with Crippen molar-refractivity contribution >= 4 is 17.7 Å². The van der Waals surface area contributed by atoms with E-state index in [1.165, 1.54) is 24.3 Å². The molecule has 0 amide bonds. The molecule has 4 heteroatoms. The maximum atomic E-state index is 5.23. The monoisotopic (exact) mass is 173 g/mol. The normalized spacial score (nSPS) is 19.6. The molecular weight excluding hydrogens is 158 g/mol. The lowest BCUT2D eigenvalue weighted by Gasteiger charge is -2.18. The molecular formula is C7H15N3S. The third kappa shape index (κ3) is 3.51. The minimum Gasteiger partial charge on any atom is -0.370 e. The van der Waals surface area contributed by atoms with Crippen LogP contribution in [0.2, 0.25) is 0 Å². The topological polar surface area (TPSA) is 64.4 Å². The fraction of sp³-hybridized carbons (Fsp3) is 0.857. The predicted octanol–water partition coefficient (Wildman–Crippen LogP) is 0.403. The SMILES string of the molecule is NC(N)=NCC1CCSCC1. The molecule has 0 bridgehead atoms. The van der Waals surface area contributed by atoms with Crippen LogP contribution in [-0.4, -0.2) is 24.0 Å². The molecule has 0 aromatic rings. The average Bonchev–Trinajstić information content (AvgIpc) is 2.03. The highest BCUT2D eigenvalue weighted by atomic mass is 32.2. The van der Waals surface area contributed by atoms with Crippen LogP contribution in [0.1, 0.15) is 12.8 Å². The highest BCUT2D eigenvalue weighted by Crippen LogP contribution is 2.22. The number of nitrogens with zero attached hydrogens (tertiary/aromatic N) is 1. The van der Waals surface area contributed by atoms with Crippen molar-refractivity contribution in [2.24, 2.45) is 22.4 Å².